The van der Waals surface area contributed by atoms with E-state index in [4.69, 9.17) is 18.9 Å². The van der Waals surface area contributed by atoms with Crippen LogP contribution in [0.3, 0.4) is 0 Å². The molecule has 0 atom stereocenters. The molecule has 140 valence electrons. The van der Waals surface area contributed by atoms with Gasteiger partial charge in [-0.2, -0.15) is 0 Å². The summed E-state index contributed by atoms with van der Waals surface area (Å²) in [5.41, 5.74) is 2.25. The molecule has 2 aromatic rings. The van der Waals surface area contributed by atoms with E-state index >= 15 is 0 Å². The fraction of sp³-hybridized carbons (Fsp3) is 0.238. The summed E-state index contributed by atoms with van der Waals surface area (Å²) in [6.45, 7) is 5.40. The van der Waals surface area contributed by atoms with Crippen molar-refractivity contribution in [2.24, 2.45) is 0 Å². The van der Waals surface area contributed by atoms with Crippen molar-refractivity contribution in [2.45, 2.75) is 20.8 Å². The van der Waals surface area contributed by atoms with Crippen LogP contribution in [0.25, 0.3) is 0 Å². The number of allylic oxidation sites excluding steroid dienone is 2. The second-order valence-corrected chi connectivity index (χ2v) is 6.36. The maximum Gasteiger partial charge on any atom is 0.343 e. The van der Waals surface area contributed by atoms with Crippen LogP contribution in [-0.2, 0) is 0 Å². The first-order valence-electron chi connectivity index (χ1n) is 8.34. The average Bonchev–Trinajstić information content (AvgIpc) is 2.98. The lowest BCUT2D eigenvalue weighted by atomic mass is 10.0. The van der Waals surface area contributed by atoms with E-state index in [1.54, 1.807) is 37.3 Å². The Hall–Kier alpha value is -3.28. The molecule has 1 aliphatic heterocycles. The molecule has 0 amide bonds. The number of methoxy groups -OCH3 is 2. The minimum absolute atomic E-state index is 0.155. The summed E-state index contributed by atoms with van der Waals surface area (Å²) in [5, 5.41) is 0. The summed E-state index contributed by atoms with van der Waals surface area (Å²) >= 11 is 0. The molecule has 0 unspecified atom stereocenters. The lowest BCUT2D eigenvalue weighted by Crippen LogP contribution is -2.09. The molecule has 2 aromatic carbocycles. The Kier molecular flexibility index (Phi) is 4.90. The van der Waals surface area contributed by atoms with Crippen LogP contribution in [0.2, 0.25) is 0 Å². The second kappa shape index (κ2) is 7.15. The lowest BCUT2D eigenvalue weighted by molar-refractivity contribution is 0.0733. The number of Topliss-reactive ketones (excluding diaryl/α,β-unsaturated/α-hetero) is 1. The zero-order chi connectivity index (χ0) is 19.7. The average molecular weight is 368 g/mol. The Morgan fingerprint density at radius 3 is 2.11 bits per heavy atom. The van der Waals surface area contributed by atoms with E-state index in [0.29, 0.717) is 39.9 Å². The van der Waals surface area contributed by atoms with E-state index in [1.165, 1.54) is 14.2 Å². The van der Waals surface area contributed by atoms with E-state index in [1.807, 2.05) is 13.8 Å². The molecule has 0 fully saturated rings. The van der Waals surface area contributed by atoms with Crippen molar-refractivity contribution in [2.75, 3.05) is 14.2 Å². The maximum absolute atomic E-state index is 12.5. The number of ketones is 1. The molecule has 0 N–H and O–H groups in total. The molecule has 1 aliphatic rings. The normalized spacial score (nSPS) is 12.3. The van der Waals surface area contributed by atoms with Gasteiger partial charge in [-0.15, -0.1) is 0 Å². The SMILES string of the molecule is COc1cc(OC)cc(C(=O)Oc2cc(C)c3c(c2)OC(=C(C)C)C3=O)c1. The van der Waals surface area contributed by atoms with Gasteiger partial charge in [-0.25, -0.2) is 4.79 Å². The molecule has 1 heterocycles. The predicted octanol–water partition coefficient (Wildman–Crippen LogP) is 4.10. The number of rotatable bonds is 4. The summed E-state index contributed by atoms with van der Waals surface area (Å²) in [5.74, 6) is 1.23. The first-order valence-corrected chi connectivity index (χ1v) is 8.34. The largest absolute Gasteiger partial charge is 0.497 e. The molecule has 0 aromatic heterocycles. The second-order valence-electron chi connectivity index (χ2n) is 6.36. The number of carbonyl (C=O) groups is 2. The first-order chi connectivity index (χ1) is 12.8. The van der Waals surface area contributed by atoms with Crippen LogP contribution in [-0.4, -0.2) is 26.0 Å². The van der Waals surface area contributed by atoms with Gasteiger partial charge in [0, 0.05) is 12.1 Å². The Morgan fingerprint density at radius 1 is 0.926 bits per heavy atom. The van der Waals surface area contributed by atoms with Crippen LogP contribution in [0.15, 0.2) is 41.7 Å². The summed E-state index contributed by atoms with van der Waals surface area (Å²) in [6.07, 6.45) is 0. The van der Waals surface area contributed by atoms with Crippen molar-refractivity contribution in [1.82, 2.24) is 0 Å². The topological polar surface area (TPSA) is 71.1 Å². The number of aryl methyl sites for hydroxylation is 1. The van der Waals surface area contributed by atoms with E-state index in [0.717, 1.165) is 5.57 Å². The van der Waals surface area contributed by atoms with Gasteiger partial charge >= 0.3 is 5.97 Å². The highest BCUT2D eigenvalue weighted by Crippen LogP contribution is 2.38. The zero-order valence-electron chi connectivity index (χ0n) is 15.8. The van der Waals surface area contributed by atoms with Crippen molar-refractivity contribution in [3.63, 3.8) is 0 Å². The summed E-state index contributed by atoms with van der Waals surface area (Å²) in [6, 6.07) is 7.98. The van der Waals surface area contributed by atoms with Gasteiger partial charge in [-0.3, -0.25) is 4.79 Å². The predicted molar refractivity (Wildman–Crippen MR) is 99.0 cm³/mol. The highest BCUT2D eigenvalue weighted by molar-refractivity contribution is 6.13. The van der Waals surface area contributed by atoms with Crippen molar-refractivity contribution in [3.05, 3.63) is 58.4 Å². The molecule has 27 heavy (non-hydrogen) atoms. The van der Waals surface area contributed by atoms with Crippen LogP contribution >= 0.6 is 0 Å². The van der Waals surface area contributed by atoms with Gasteiger partial charge < -0.3 is 18.9 Å². The molecule has 0 bridgehead atoms. The van der Waals surface area contributed by atoms with Crippen molar-refractivity contribution in [3.8, 4) is 23.0 Å². The lowest BCUT2D eigenvalue weighted by Gasteiger charge is -2.10. The maximum atomic E-state index is 12.5. The third-order valence-electron chi connectivity index (χ3n) is 4.17. The number of esters is 1. The molecule has 0 radical (unpaired) electrons. The Bertz CT molecular complexity index is 945. The van der Waals surface area contributed by atoms with Gasteiger partial charge in [-0.05, 0) is 50.1 Å². The fourth-order valence-corrected chi connectivity index (χ4v) is 2.84. The van der Waals surface area contributed by atoms with Crippen LogP contribution in [0.5, 0.6) is 23.0 Å². The highest BCUT2D eigenvalue weighted by Gasteiger charge is 2.31. The number of benzene rings is 2. The summed E-state index contributed by atoms with van der Waals surface area (Å²) < 4.78 is 21.5. The number of hydrogen-bond acceptors (Lipinski definition) is 6. The van der Waals surface area contributed by atoms with E-state index in [2.05, 4.69) is 0 Å². The number of carbonyl (C=O) groups excluding carboxylic acids is 2. The van der Waals surface area contributed by atoms with Crippen LogP contribution in [0, 0.1) is 6.92 Å². The van der Waals surface area contributed by atoms with Gasteiger partial charge in [0.15, 0.2) is 5.76 Å². The smallest absolute Gasteiger partial charge is 0.343 e. The fourth-order valence-electron chi connectivity index (χ4n) is 2.84. The standard InChI is InChI=1S/C21H20O6/c1-11(2)20-19(22)18-12(3)6-16(10-17(18)27-20)26-21(23)13-7-14(24-4)9-15(8-13)25-5/h6-10H,1-5H3. The monoisotopic (exact) mass is 368 g/mol. The van der Waals surface area contributed by atoms with Gasteiger partial charge in [0.05, 0.1) is 25.3 Å². The van der Waals surface area contributed by atoms with Gasteiger partial charge in [0.2, 0.25) is 5.78 Å². The van der Waals surface area contributed by atoms with Gasteiger partial charge in [0.25, 0.3) is 0 Å². The van der Waals surface area contributed by atoms with Crippen LogP contribution in [0.4, 0.5) is 0 Å². The third-order valence-corrected chi connectivity index (χ3v) is 4.17. The van der Waals surface area contributed by atoms with E-state index in [-0.39, 0.29) is 11.3 Å². The first kappa shape index (κ1) is 18.5. The number of fused-ring (bicyclic) bond motifs is 1. The van der Waals surface area contributed by atoms with Crippen molar-refractivity contribution < 1.29 is 28.5 Å². The Labute approximate surface area is 157 Å². The van der Waals surface area contributed by atoms with Crippen LogP contribution in [0.1, 0.15) is 40.1 Å². The minimum Gasteiger partial charge on any atom is -0.497 e. The number of hydrogen-bond donors (Lipinski definition) is 0. The third kappa shape index (κ3) is 3.51. The van der Waals surface area contributed by atoms with E-state index < -0.39 is 5.97 Å². The zero-order valence-corrected chi connectivity index (χ0v) is 15.8. The quantitative estimate of drug-likeness (QED) is 0.460. The molecule has 0 saturated heterocycles. The molecule has 6 nitrogen and oxygen atoms in total. The van der Waals surface area contributed by atoms with E-state index in [9.17, 15) is 9.59 Å². The molecule has 3 rings (SSSR count). The van der Waals surface area contributed by atoms with Crippen molar-refractivity contribution >= 4 is 11.8 Å². The molecule has 0 aliphatic carbocycles. The molecular formula is C21H20O6. The summed E-state index contributed by atoms with van der Waals surface area (Å²) in [7, 11) is 3.01. The highest BCUT2D eigenvalue weighted by atomic mass is 16.5. The molecule has 0 saturated carbocycles. The van der Waals surface area contributed by atoms with Gasteiger partial charge in [0.1, 0.15) is 23.0 Å². The summed E-state index contributed by atoms with van der Waals surface area (Å²) in [4.78, 5) is 25.0. The molecular weight excluding hydrogens is 348 g/mol. The Morgan fingerprint density at radius 2 is 1.56 bits per heavy atom. The minimum atomic E-state index is -0.571. The van der Waals surface area contributed by atoms with Crippen molar-refractivity contribution in [1.29, 1.82) is 0 Å². The molecule has 6 heteroatoms. The van der Waals surface area contributed by atoms with Gasteiger partial charge in [-0.1, -0.05) is 0 Å². The number of ether oxygens (including phenoxy) is 4. The van der Waals surface area contributed by atoms with Crippen LogP contribution < -0.4 is 18.9 Å². The molecule has 0 spiro atoms. The Balaban J connectivity index is 1.91.